The third kappa shape index (κ3) is 3.67. The Labute approximate surface area is 140 Å². The molecule has 0 aromatic carbocycles. The van der Waals surface area contributed by atoms with Crippen LogP contribution in [0.3, 0.4) is 0 Å². The number of nitrogens with zero attached hydrogens (tertiary/aromatic N) is 5. The van der Waals surface area contributed by atoms with Gasteiger partial charge in [-0.15, -0.1) is 0 Å². The topological polar surface area (TPSA) is 101 Å². The van der Waals surface area contributed by atoms with Crippen LogP contribution in [0, 0.1) is 0 Å². The number of nitrogens with one attached hydrogen (secondary N) is 1. The van der Waals surface area contributed by atoms with E-state index in [4.69, 9.17) is 4.74 Å². The Hall–Kier alpha value is -2.55. The number of methoxy groups -OCH3 is 1. The summed E-state index contributed by atoms with van der Waals surface area (Å²) in [5.74, 6) is -0.148. The van der Waals surface area contributed by atoms with Crippen LogP contribution in [0.2, 0.25) is 0 Å². The molecule has 1 N–H and O–H groups in total. The van der Waals surface area contributed by atoms with Gasteiger partial charge in [0.2, 0.25) is 11.7 Å². The van der Waals surface area contributed by atoms with E-state index in [-0.39, 0.29) is 17.4 Å². The Morgan fingerprint density at radius 3 is 2.83 bits per heavy atom. The van der Waals surface area contributed by atoms with Crippen LogP contribution >= 0.6 is 0 Å². The molecule has 0 bridgehead atoms. The minimum atomic E-state index is -0.485. The fourth-order valence-electron chi connectivity index (χ4n) is 2.54. The van der Waals surface area contributed by atoms with Crippen molar-refractivity contribution in [1.29, 1.82) is 0 Å². The van der Waals surface area contributed by atoms with Gasteiger partial charge in [-0.05, 0) is 14.0 Å². The molecule has 0 saturated carbocycles. The van der Waals surface area contributed by atoms with Crippen molar-refractivity contribution >= 4 is 23.8 Å². The second-order valence-electron chi connectivity index (χ2n) is 5.42. The molecule has 0 radical (unpaired) electrons. The highest BCUT2D eigenvalue weighted by Gasteiger charge is 2.24. The predicted octanol–water partition coefficient (Wildman–Crippen LogP) is -0.242. The summed E-state index contributed by atoms with van der Waals surface area (Å²) in [4.78, 5) is 34.0. The molecule has 0 saturated heterocycles. The van der Waals surface area contributed by atoms with E-state index in [1.165, 1.54) is 7.11 Å². The number of likely N-dealkylation sites (N-methyl/N-ethyl adjacent to an activating group) is 1. The summed E-state index contributed by atoms with van der Waals surface area (Å²) in [7, 11) is 5.20. The average molecular weight is 334 g/mol. The summed E-state index contributed by atoms with van der Waals surface area (Å²) < 4.78 is 6.76. The lowest BCUT2D eigenvalue weighted by atomic mass is 10.1. The van der Waals surface area contributed by atoms with Gasteiger partial charge < -0.3 is 14.2 Å². The standard InChI is InChI=1S/C15H22N6O3/c1-5-16-15(24-4)11(9-22)18-19-14(23)13-17-10-8-20(2)7-6-12(10)21(13)3/h9H,5-8H2,1-4H3,(H,19,23)/b16-15+,18-11-. The molecule has 9 nitrogen and oxygen atoms in total. The van der Waals surface area contributed by atoms with E-state index in [2.05, 4.69) is 25.4 Å². The van der Waals surface area contributed by atoms with E-state index in [1.54, 1.807) is 18.5 Å². The van der Waals surface area contributed by atoms with E-state index in [0.29, 0.717) is 19.4 Å². The molecule has 0 fully saturated rings. The molecule has 1 aromatic heterocycles. The third-order valence-corrected chi connectivity index (χ3v) is 3.75. The molecule has 0 unspecified atom stereocenters. The van der Waals surface area contributed by atoms with E-state index < -0.39 is 5.91 Å². The number of carbonyl (C=O) groups is 2. The molecule has 2 heterocycles. The zero-order valence-electron chi connectivity index (χ0n) is 14.4. The summed E-state index contributed by atoms with van der Waals surface area (Å²) >= 11 is 0. The Bertz CT molecular complexity index is 692. The number of hydrogen-bond acceptors (Lipinski definition) is 7. The molecule has 24 heavy (non-hydrogen) atoms. The molecule has 2 rings (SSSR count). The van der Waals surface area contributed by atoms with Crippen LogP contribution in [0.25, 0.3) is 0 Å². The molecule has 0 aliphatic carbocycles. The smallest absolute Gasteiger partial charge is 0.307 e. The maximum atomic E-state index is 12.3. The highest BCUT2D eigenvalue weighted by Crippen LogP contribution is 2.18. The molecule has 1 amide bonds. The lowest BCUT2D eigenvalue weighted by Gasteiger charge is -2.21. The van der Waals surface area contributed by atoms with Gasteiger partial charge in [-0.3, -0.25) is 9.59 Å². The van der Waals surface area contributed by atoms with Gasteiger partial charge in [-0.25, -0.2) is 15.4 Å². The van der Waals surface area contributed by atoms with Crippen molar-refractivity contribution in [3.8, 4) is 0 Å². The minimum absolute atomic E-state index is 0.0774. The van der Waals surface area contributed by atoms with Crippen LogP contribution in [0.15, 0.2) is 10.1 Å². The lowest BCUT2D eigenvalue weighted by molar-refractivity contribution is -0.102. The highest BCUT2D eigenvalue weighted by molar-refractivity contribution is 6.59. The number of ether oxygens (including phenoxy) is 1. The zero-order valence-corrected chi connectivity index (χ0v) is 14.4. The van der Waals surface area contributed by atoms with E-state index in [1.807, 2.05) is 7.05 Å². The molecule has 9 heteroatoms. The molecular formula is C15H22N6O3. The van der Waals surface area contributed by atoms with Crippen molar-refractivity contribution in [3.05, 3.63) is 17.2 Å². The largest absolute Gasteiger partial charge is 0.480 e. The van der Waals surface area contributed by atoms with Crippen molar-refractivity contribution < 1.29 is 14.3 Å². The molecule has 1 aliphatic heterocycles. The fourth-order valence-corrected chi connectivity index (χ4v) is 2.54. The number of aromatic nitrogens is 2. The number of rotatable bonds is 5. The Morgan fingerprint density at radius 1 is 1.46 bits per heavy atom. The van der Waals surface area contributed by atoms with Crippen molar-refractivity contribution in [2.75, 3.05) is 27.2 Å². The van der Waals surface area contributed by atoms with Crippen molar-refractivity contribution in [2.45, 2.75) is 19.9 Å². The molecule has 1 aliphatic rings. The average Bonchev–Trinajstić information content (AvgIpc) is 2.90. The summed E-state index contributed by atoms with van der Waals surface area (Å²) in [5.41, 5.74) is 4.20. The van der Waals surface area contributed by atoms with Gasteiger partial charge in [-0.2, -0.15) is 5.10 Å². The van der Waals surface area contributed by atoms with Gasteiger partial charge in [0.15, 0.2) is 12.0 Å². The lowest BCUT2D eigenvalue weighted by Crippen LogP contribution is -2.28. The maximum absolute atomic E-state index is 12.3. The van der Waals surface area contributed by atoms with Crippen LogP contribution in [-0.2, 0) is 29.5 Å². The summed E-state index contributed by atoms with van der Waals surface area (Å²) in [6, 6.07) is 0. The number of amides is 1. The molecule has 0 atom stereocenters. The Kier molecular flexibility index (Phi) is 5.80. The molecular weight excluding hydrogens is 312 g/mol. The Morgan fingerprint density at radius 2 is 2.21 bits per heavy atom. The van der Waals surface area contributed by atoms with E-state index in [9.17, 15) is 9.59 Å². The number of imidazole rings is 1. The quantitative estimate of drug-likeness (QED) is 0.346. The number of aldehydes is 1. The van der Waals surface area contributed by atoms with Crippen LogP contribution in [0.1, 0.15) is 28.9 Å². The summed E-state index contributed by atoms with van der Waals surface area (Å²) in [5, 5.41) is 3.80. The summed E-state index contributed by atoms with van der Waals surface area (Å²) in [6.45, 7) is 3.86. The number of hydrogen-bond donors (Lipinski definition) is 1. The highest BCUT2D eigenvalue weighted by atomic mass is 16.5. The van der Waals surface area contributed by atoms with Gasteiger partial charge >= 0.3 is 5.91 Å². The minimum Gasteiger partial charge on any atom is -0.480 e. The zero-order chi connectivity index (χ0) is 17.7. The Balaban J connectivity index is 2.19. The van der Waals surface area contributed by atoms with Crippen molar-refractivity contribution in [1.82, 2.24) is 19.9 Å². The molecule has 130 valence electrons. The van der Waals surface area contributed by atoms with E-state index >= 15 is 0 Å². The van der Waals surface area contributed by atoms with Gasteiger partial charge in [0.1, 0.15) is 0 Å². The monoisotopic (exact) mass is 334 g/mol. The number of carbonyl (C=O) groups excluding carboxylic acids is 2. The van der Waals surface area contributed by atoms with Gasteiger partial charge in [0.25, 0.3) is 0 Å². The van der Waals surface area contributed by atoms with Gasteiger partial charge in [0, 0.05) is 38.8 Å². The third-order valence-electron chi connectivity index (χ3n) is 3.75. The SMILES string of the molecule is CC/N=C(OC)\C(C=O)=N/NC(=O)c1nc2c(n1C)CCN(C)C2. The second-order valence-corrected chi connectivity index (χ2v) is 5.42. The van der Waals surface area contributed by atoms with Gasteiger partial charge in [0.05, 0.1) is 12.8 Å². The van der Waals surface area contributed by atoms with Crippen molar-refractivity contribution in [3.63, 3.8) is 0 Å². The van der Waals surface area contributed by atoms with Crippen LogP contribution in [0.5, 0.6) is 0 Å². The van der Waals surface area contributed by atoms with Crippen LogP contribution in [0.4, 0.5) is 0 Å². The first-order chi connectivity index (χ1) is 11.5. The normalized spacial score (nSPS) is 15.8. The van der Waals surface area contributed by atoms with E-state index in [0.717, 1.165) is 24.4 Å². The number of hydrazone groups is 1. The first kappa shape index (κ1) is 17.8. The van der Waals surface area contributed by atoms with Gasteiger partial charge in [-0.1, -0.05) is 0 Å². The molecule has 1 aromatic rings. The maximum Gasteiger partial charge on any atom is 0.307 e. The van der Waals surface area contributed by atoms with Crippen LogP contribution < -0.4 is 5.43 Å². The number of aliphatic imine (C=N–C) groups is 1. The molecule has 0 spiro atoms. The number of fused-ring (bicyclic) bond motifs is 1. The fraction of sp³-hybridized carbons (Fsp3) is 0.533. The van der Waals surface area contributed by atoms with Crippen molar-refractivity contribution in [2.24, 2.45) is 17.1 Å². The second kappa shape index (κ2) is 7.82. The first-order valence-corrected chi connectivity index (χ1v) is 7.66. The predicted molar refractivity (Wildman–Crippen MR) is 89.2 cm³/mol. The summed E-state index contributed by atoms with van der Waals surface area (Å²) in [6.07, 6.45) is 1.32. The first-order valence-electron chi connectivity index (χ1n) is 7.66. The van der Waals surface area contributed by atoms with Crippen LogP contribution in [-0.4, -0.2) is 65.5 Å².